The molecule has 2 aromatic carbocycles. The van der Waals surface area contributed by atoms with Crippen LogP contribution in [0.2, 0.25) is 14.8 Å². The molecule has 0 aliphatic carbocycles. The van der Waals surface area contributed by atoms with Gasteiger partial charge in [-0.3, -0.25) is 15.0 Å². The minimum Gasteiger partial charge on any atom is -0.491 e. The molecule has 4 unspecified atom stereocenters. The summed E-state index contributed by atoms with van der Waals surface area (Å²) in [5.41, 5.74) is 11.5. The topological polar surface area (TPSA) is 153 Å². The fourth-order valence-electron chi connectivity index (χ4n) is 16.4. The van der Waals surface area contributed by atoms with Crippen molar-refractivity contribution in [2.24, 2.45) is 23.7 Å². The van der Waals surface area contributed by atoms with Gasteiger partial charge >= 0.3 is 228 Å². The normalized spacial score (nSPS) is 13.0. The Morgan fingerprint density at radius 3 is 1.13 bits per heavy atom. The quantitative estimate of drug-likeness (QED) is 0.0263. The first-order valence-corrected chi connectivity index (χ1v) is 66.0. The summed E-state index contributed by atoms with van der Waals surface area (Å²) in [6.45, 7) is 30.3. The Labute approximate surface area is 802 Å². The van der Waals surface area contributed by atoms with E-state index in [2.05, 4.69) is 188 Å². The fraction of sp³-hybridized carbons (Fsp3) is 0.535. The molecular weight excluding hydrogens is 1920 g/mol. The Balaban J connectivity index is 0.000000199. The Morgan fingerprint density at radius 1 is 0.349 bits per heavy atom. The second kappa shape index (κ2) is 49.0. The Morgan fingerprint density at radius 2 is 0.714 bits per heavy atom. The van der Waals surface area contributed by atoms with E-state index in [1.807, 2.05) is 63.9 Å². The second-order valence-electron chi connectivity index (χ2n) is 35.3. The van der Waals surface area contributed by atoms with Crippen molar-refractivity contribution in [3.05, 3.63) is 103 Å². The number of benzene rings is 2. The summed E-state index contributed by atoms with van der Waals surface area (Å²) >= 11 is 17.8. The number of hydrogen-bond acceptors (Lipinski definition) is 23. The summed E-state index contributed by atoms with van der Waals surface area (Å²) in [4.78, 5) is 32.3. The van der Waals surface area contributed by atoms with Gasteiger partial charge in [0.25, 0.3) is 0 Å². The van der Waals surface area contributed by atoms with Gasteiger partial charge in [0.2, 0.25) is 0 Å². The van der Waals surface area contributed by atoms with Gasteiger partial charge in [0.05, 0.1) is 76.9 Å². The van der Waals surface area contributed by atoms with Crippen molar-refractivity contribution in [2.45, 2.75) is 297 Å². The van der Waals surface area contributed by atoms with E-state index in [9.17, 15) is 0 Å². The molecule has 676 valence electrons. The minimum atomic E-state index is -2.25. The third-order valence-electron chi connectivity index (χ3n) is 24.5. The van der Waals surface area contributed by atoms with Crippen LogP contribution in [-0.4, -0.2) is 86.0 Å². The third kappa shape index (κ3) is 24.6. The number of nitrogens with zero attached hydrogens (tertiary/aromatic N) is 9. The van der Waals surface area contributed by atoms with Gasteiger partial charge in [-0.25, -0.2) is 0 Å². The van der Waals surface area contributed by atoms with E-state index >= 15 is 0 Å². The molecule has 13 nitrogen and oxygen atoms in total. The van der Waals surface area contributed by atoms with Crippen LogP contribution in [0.3, 0.4) is 0 Å². The van der Waals surface area contributed by atoms with Gasteiger partial charge in [0.1, 0.15) is 61.7 Å². The maximum atomic E-state index is 7.20. The van der Waals surface area contributed by atoms with Crippen molar-refractivity contribution >= 4 is 225 Å². The molecule has 13 aromatic heterocycles. The maximum Gasteiger partial charge on any atom is 0.146 e. The Kier molecular flexibility index (Phi) is 38.2. The van der Waals surface area contributed by atoms with E-state index in [0.29, 0.717) is 36.9 Å². The minimum absolute atomic E-state index is 0.459. The zero-order chi connectivity index (χ0) is 88.6. The van der Waals surface area contributed by atoms with Gasteiger partial charge in [-0.15, -0.1) is 56.7 Å². The third-order valence-corrected chi connectivity index (χ3v) is 43.9. The van der Waals surface area contributed by atoms with Crippen molar-refractivity contribution in [1.29, 1.82) is 0 Å². The number of rotatable bonds is 49. The molecule has 0 bridgehead atoms. The molecule has 15 rings (SSSR count). The molecule has 126 heavy (non-hydrogen) atoms. The van der Waals surface area contributed by atoms with E-state index in [1.165, 1.54) is 241 Å². The number of halogens is 1. The predicted molar refractivity (Wildman–Crippen MR) is 562 cm³/mol. The number of unbranched alkanes of at least 4 members (excludes halogenated alkanes) is 13. The van der Waals surface area contributed by atoms with Crippen molar-refractivity contribution in [3.63, 3.8) is 0 Å². The van der Waals surface area contributed by atoms with Gasteiger partial charge in [-0.05, 0) is 133 Å². The summed E-state index contributed by atoms with van der Waals surface area (Å²) in [7, 11) is 0. The standard InChI is InChI=1S/C56H68N6O2S6.C27H39O2S2.C15H16BrN3S2.3CH3.Sn/c1-7-13-17-19-23-37-27-46(65-34-37)50-52-48(60-70-62-52)42(31-58-50)45-29-40-54(64-33-36(12-6)22-16-10-4)55-39(53(56(40)68-45)63-32-35(11-5)21-15-9-3)28-44(67-55)41-30-57-49(51-47(41)59-69-61-51)43-26-25-38(66-43)24-20-18-14-8-2;1-6-10-12-20(8-3)17-28-24-22-14-15-30-26(22)25(23-16-19(5)31-27(23)24)29-18-21(9-4)13-11-7-2;1-2-3-4-5-6-10-7-8-12(20-10)14-15-13(18-21-19-15)11(16)9-17-14;;;;/h25-31,34-36H,7-24,32-33H2,1-6H3;14,16,20-21H,6-13,17-18H2,1-5H3;7-9H,2-6H2,1H3;3*1H3;. The van der Waals surface area contributed by atoms with Crippen LogP contribution in [0.25, 0.3) is 126 Å². The van der Waals surface area contributed by atoms with Crippen molar-refractivity contribution in [2.75, 3.05) is 26.4 Å². The summed E-state index contributed by atoms with van der Waals surface area (Å²) in [5.74, 6) is 6.25. The summed E-state index contributed by atoms with van der Waals surface area (Å²) < 4.78 is 63.6. The number of pyridine rings is 3. The van der Waals surface area contributed by atoms with Crippen LogP contribution < -0.4 is 21.8 Å². The van der Waals surface area contributed by atoms with Crippen molar-refractivity contribution in [3.8, 4) is 75.6 Å². The molecule has 0 aliphatic heterocycles. The smallest absolute Gasteiger partial charge is 0.146 e. The Bertz CT molecular complexity index is 5580. The average molecular weight is 2060 g/mol. The first kappa shape index (κ1) is 98.3. The summed E-state index contributed by atoms with van der Waals surface area (Å²) in [6.07, 6.45) is 43.7. The van der Waals surface area contributed by atoms with Crippen LogP contribution in [0.1, 0.15) is 276 Å². The monoisotopic (exact) mass is 2050 g/mol. The number of fused-ring (bicyclic) bond motifs is 7. The molecule has 4 atom stereocenters. The number of hydrogen-bond donors (Lipinski definition) is 0. The molecule has 0 amide bonds. The number of aromatic nitrogens is 9. The van der Waals surface area contributed by atoms with Crippen LogP contribution in [0.5, 0.6) is 23.0 Å². The van der Waals surface area contributed by atoms with E-state index < -0.39 is 18.4 Å². The first-order valence-electron chi connectivity index (χ1n) is 47.3. The van der Waals surface area contributed by atoms with Crippen LogP contribution in [0.4, 0.5) is 0 Å². The molecule has 25 heteroatoms. The largest absolute Gasteiger partial charge is 0.491 e. The van der Waals surface area contributed by atoms with Crippen molar-refractivity contribution < 1.29 is 18.9 Å². The molecule has 13 heterocycles. The van der Waals surface area contributed by atoms with E-state index in [1.54, 1.807) is 36.9 Å². The summed E-state index contributed by atoms with van der Waals surface area (Å²) in [5, 5.41) is 7.01. The first-order chi connectivity index (χ1) is 61.5. The summed E-state index contributed by atoms with van der Waals surface area (Å²) in [6, 6.07) is 20.6. The fourth-order valence-corrected chi connectivity index (χ4v) is 31.4. The van der Waals surface area contributed by atoms with Crippen LogP contribution in [0.15, 0.2) is 83.0 Å². The average Bonchev–Trinajstić information content (AvgIpc) is 1.59. The molecule has 0 radical (unpaired) electrons. The molecule has 0 fully saturated rings. The van der Waals surface area contributed by atoms with Crippen molar-refractivity contribution in [1.82, 2.24) is 41.2 Å². The van der Waals surface area contributed by atoms with Gasteiger partial charge in [-0.1, -0.05) is 145 Å². The molecule has 0 saturated carbocycles. The zero-order valence-electron chi connectivity index (χ0n) is 77.2. The molecule has 0 spiro atoms. The van der Waals surface area contributed by atoms with Crippen LogP contribution >= 0.6 is 130 Å². The maximum absolute atomic E-state index is 7.20. The number of aryl methyl sites for hydroxylation is 4. The number of ether oxygens (including phenoxy) is 4. The van der Waals surface area contributed by atoms with E-state index in [-0.39, 0.29) is 0 Å². The van der Waals surface area contributed by atoms with Gasteiger partial charge in [-0.2, -0.15) is 26.2 Å². The molecule has 0 aliphatic rings. The van der Waals surface area contributed by atoms with E-state index in [0.717, 1.165) is 180 Å². The molecule has 15 aromatic rings. The van der Waals surface area contributed by atoms with Crippen LogP contribution in [-0.2, 0) is 19.3 Å². The zero-order valence-corrected chi connectivity index (χ0v) is 89.8. The van der Waals surface area contributed by atoms with Gasteiger partial charge in [0, 0.05) is 60.0 Å². The molecular formula is C101H132BrN9O4S10Sn. The Hall–Kier alpha value is -5.23. The molecule has 0 saturated heterocycles. The number of thiophene rings is 7. The van der Waals surface area contributed by atoms with Crippen LogP contribution in [0, 0.1) is 30.6 Å². The predicted octanol–water partition coefficient (Wildman–Crippen LogP) is 35.0. The van der Waals surface area contributed by atoms with Gasteiger partial charge in [0.15, 0.2) is 0 Å². The SMILES string of the molecule is CCCCC(CC)COc1c2c[c]([Sn]([CH3])([CH3])[CH3])sc2c(OCC(CC)CCCC)c2cc(C)sc12.CCCCCCc1ccc(-c2ncc(Br)c3nsnc23)s1.CCCCCCc1csc(-c2ncc(-c3cc4c(OCC(CC)CCCC)c5sc(-c6cnc(-c7ccc(CCCCCC)s7)c7nsnc67)cc5c(OCC(CC)CCCC)c4s3)c3nsnc23)c1. The van der Waals surface area contributed by atoms with Gasteiger partial charge < -0.3 is 9.47 Å². The van der Waals surface area contributed by atoms with E-state index in [4.69, 9.17) is 46.4 Å². The second-order valence-corrected chi connectivity index (χ2v) is 60.8. The molecule has 0 N–H and O–H groups in total.